The van der Waals surface area contributed by atoms with Gasteiger partial charge in [-0.15, -0.1) is 0 Å². The van der Waals surface area contributed by atoms with Gasteiger partial charge in [0, 0.05) is 31.7 Å². The number of ketones is 1. The summed E-state index contributed by atoms with van der Waals surface area (Å²) in [6, 6.07) is 11.3. The standard InChI is InChI=1S/C25H27N3O6S/c1-16(2)22(28-23(30)20-6-4-5-7-21(20)24(28)31)25(32)26-12-14-27(15-13-26)35(33,34)19-10-8-18(9-11-19)17(3)29/h4-11,16,22H,12-15H2,1-3H3. The molecule has 0 saturated carbocycles. The summed E-state index contributed by atoms with van der Waals surface area (Å²) in [5.41, 5.74) is 0.984. The average molecular weight is 498 g/mol. The van der Waals surface area contributed by atoms with Crippen LogP contribution in [0.5, 0.6) is 0 Å². The third-order valence-electron chi connectivity index (χ3n) is 6.44. The maximum Gasteiger partial charge on any atom is 0.262 e. The van der Waals surface area contributed by atoms with Crippen molar-refractivity contribution in [3.05, 3.63) is 65.2 Å². The first-order valence-electron chi connectivity index (χ1n) is 11.4. The van der Waals surface area contributed by atoms with E-state index in [1.165, 1.54) is 40.4 Å². The Morgan fingerprint density at radius 2 is 1.34 bits per heavy atom. The smallest absolute Gasteiger partial charge is 0.262 e. The molecule has 2 aliphatic rings. The normalized spacial score (nSPS) is 17.6. The third-order valence-corrected chi connectivity index (χ3v) is 8.35. The summed E-state index contributed by atoms with van der Waals surface area (Å²) in [6.07, 6.45) is 0. The third kappa shape index (κ3) is 4.39. The fourth-order valence-corrected chi connectivity index (χ4v) is 5.92. The van der Waals surface area contributed by atoms with Gasteiger partial charge in [0.25, 0.3) is 11.8 Å². The van der Waals surface area contributed by atoms with Crippen molar-refractivity contribution in [1.29, 1.82) is 0 Å². The molecule has 1 atom stereocenters. The highest BCUT2D eigenvalue weighted by Gasteiger charge is 2.45. The molecule has 10 heteroatoms. The molecular formula is C25H27N3O6S. The minimum absolute atomic E-state index is 0.0772. The molecule has 0 aliphatic carbocycles. The Morgan fingerprint density at radius 3 is 1.80 bits per heavy atom. The molecule has 2 aromatic rings. The van der Waals surface area contributed by atoms with E-state index in [0.717, 1.165) is 4.90 Å². The predicted molar refractivity (Wildman–Crippen MR) is 127 cm³/mol. The van der Waals surface area contributed by atoms with Crippen LogP contribution in [0.25, 0.3) is 0 Å². The SMILES string of the molecule is CC(=O)c1ccc(S(=O)(=O)N2CCN(C(=O)C(C(C)C)N3C(=O)c4ccccc4C3=O)CC2)cc1. The van der Waals surface area contributed by atoms with Crippen LogP contribution in [-0.2, 0) is 14.8 Å². The molecule has 3 amide bonds. The molecule has 35 heavy (non-hydrogen) atoms. The summed E-state index contributed by atoms with van der Waals surface area (Å²) < 4.78 is 27.4. The van der Waals surface area contributed by atoms with E-state index < -0.39 is 27.9 Å². The van der Waals surface area contributed by atoms with E-state index in [2.05, 4.69) is 0 Å². The number of nitrogens with zero attached hydrogens (tertiary/aromatic N) is 3. The second kappa shape index (κ2) is 9.35. The molecule has 2 aromatic carbocycles. The summed E-state index contributed by atoms with van der Waals surface area (Å²) in [5, 5.41) is 0. The predicted octanol–water partition coefficient (Wildman–Crippen LogP) is 2.04. The molecule has 2 heterocycles. The van der Waals surface area contributed by atoms with E-state index >= 15 is 0 Å². The summed E-state index contributed by atoms with van der Waals surface area (Å²) in [5.74, 6) is -1.84. The Morgan fingerprint density at radius 1 is 0.829 bits per heavy atom. The van der Waals surface area contributed by atoms with Gasteiger partial charge in [0.1, 0.15) is 6.04 Å². The Kier molecular flexibility index (Phi) is 6.61. The van der Waals surface area contributed by atoms with E-state index in [-0.39, 0.29) is 59.8 Å². The van der Waals surface area contributed by atoms with Crippen molar-refractivity contribution in [3.8, 4) is 0 Å². The molecule has 0 bridgehead atoms. The number of imide groups is 1. The number of carbonyl (C=O) groups is 4. The molecule has 1 fully saturated rings. The van der Waals surface area contributed by atoms with Crippen molar-refractivity contribution >= 4 is 33.5 Å². The van der Waals surface area contributed by atoms with Gasteiger partial charge < -0.3 is 4.90 Å². The van der Waals surface area contributed by atoms with Gasteiger partial charge in [-0.2, -0.15) is 4.31 Å². The van der Waals surface area contributed by atoms with Crippen LogP contribution in [0.3, 0.4) is 0 Å². The van der Waals surface area contributed by atoms with E-state index in [1.54, 1.807) is 38.1 Å². The van der Waals surface area contributed by atoms with E-state index in [4.69, 9.17) is 0 Å². The zero-order valence-corrected chi connectivity index (χ0v) is 20.6. The van der Waals surface area contributed by atoms with Gasteiger partial charge in [0.2, 0.25) is 15.9 Å². The zero-order valence-electron chi connectivity index (χ0n) is 19.8. The molecular weight excluding hydrogens is 470 g/mol. The summed E-state index contributed by atoms with van der Waals surface area (Å²) in [6.45, 7) is 5.39. The molecule has 0 aromatic heterocycles. The van der Waals surface area contributed by atoms with Crippen LogP contribution < -0.4 is 0 Å². The van der Waals surface area contributed by atoms with E-state index in [0.29, 0.717) is 5.56 Å². The van der Waals surface area contributed by atoms with Crippen molar-refractivity contribution in [2.45, 2.75) is 31.7 Å². The molecule has 0 spiro atoms. The summed E-state index contributed by atoms with van der Waals surface area (Å²) in [7, 11) is -3.79. The topological polar surface area (TPSA) is 112 Å². The van der Waals surface area contributed by atoms with Crippen LogP contribution in [0.15, 0.2) is 53.4 Å². The maximum atomic E-state index is 13.5. The number of sulfonamides is 1. The number of Topliss-reactive ketones (excluding diaryl/α,β-unsaturated/α-hetero) is 1. The lowest BCUT2D eigenvalue weighted by atomic mass is 10.0. The number of hydrogen-bond donors (Lipinski definition) is 0. The van der Waals surface area contributed by atoms with Crippen molar-refractivity contribution in [3.63, 3.8) is 0 Å². The highest BCUT2D eigenvalue weighted by Crippen LogP contribution is 2.28. The summed E-state index contributed by atoms with van der Waals surface area (Å²) >= 11 is 0. The van der Waals surface area contributed by atoms with Gasteiger partial charge in [-0.05, 0) is 37.1 Å². The minimum Gasteiger partial charge on any atom is -0.338 e. The van der Waals surface area contributed by atoms with Gasteiger partial charge >= 0.3 is 0 Å². The lowest BCUT2D eigenvalue weighted by molar-refractivity contribution is -0.138. The number of hydrogen-bond acceptors (Lipinski definition) is 6. The maximum absolute atomic E-state index is 13.5. The Hall–Kier alpha value is -3.37. The molecule has 4 rings (SSSR count). The minimum atomic E-state index is -3.79. The van der Waals surface area contributed by atoms with Gasteiger partial charge in [-0.25, -0.2) is 8.42 Å². The molecule has 1 saturated heterocycles. The number of benzene rings is 2. The number of fused-ring (bicyclic) bond motifs is 1. The lowest BCUT2D eigenvalue weighted by Gasteiger charge is -2.38. The first-order chi connectivity index (χ1) is 16.5. The van der Waals surface area contributed by atoms with E-state index in [1.807, 2.05) is 0 Å². The Balaban J connectivity index is 1.48. The van der Waals surface area contributed by atoms with Crippen LogP contribution in [0.4, 0.5) is 0 Å². The van der Waals surface area contributed by atoms with E-state index in [9.17, 15) is 27.6 Å². The van der Waals surface area contributed by atoms with Gasteiger partial charge in [-0.1, -0.05) is 38.1 Å². The largest absolute Gasteiger partial charge is 0.338 e. The molecule has 2 aliphatic heterocycles. The average Bonchev–Trinajstić information content (AvgIpc) is 3.09. The molecule has 184 valence electrons. The van der Waals surface area contributed by atoms with Crippen LogP contribution in [0, 0.1) is 5.92 Å². The highest BCUT2D eigenvalue weighted by atomic mass is 32.2. The molecule has 1 unspecified atom stereocenters. The number of piperazine rings is 1. The van der Waals surface area contributed by atoms with Crippen molar-refractivity contribution in [1.82, 2.24) is 14.1 Å². The highest BCUT2D eigenvalue weighted by molar-refractivity contribution is 7.89. The second-order valence-corrected chi connectivity index (χ2v) is 11.0. The second-order valence-electron chi connectivity index (χ2n) is 9.02. The number of rotatable bonds is 6. The van der Waals surface area contributed by atoms with Gasteiger partial charge in [-0.3, -0.25) is 24.1 Å². The van der Waals surface area contributed by atoms with Crippen LogP contribution in [-0.4, -0.2) is 78.2 Å². The van der Waals surface area contributed by atoms with Crippen LogP contribution in [0.1, 0.15) is 51.8 Å². The van der Waals surface area contributed by atoms with Crippen molar-refractivity contribution < 1.29 is 27.6 Å². The summed E-state index contributed by atoms with van der Waals surface area (Å²) in [4.78, 5) is 53.5. The molecule has 9 nitrogen and oxygen atoms in total. The first kappa shape index (κ1) is 24.7. The Labute approximate surface area is 204 Å². The fourth-order valence-electron chi connectivity index (χ4n) is 4.50. The quantitative estimate of drug-likeness (QED) is 0.446. The lowest BCUT2D eigenvalue weighted by Crippen LogP contribution is -2.58. The number of amides is 3. The van der Waals surface area contributed by atoms with Crippen molar-refractivity contribution in [2.75, 3.05) is 26.2 Å². The monoisotopic (exact) mass is 497 g/mol. The molecule has 0 N–H and O–H groups in total. The number of carbonyl (C=O) groups excluding carboxylic acids is 4. The Bertz CT molecular complexity index is 1260. The fraction of sp³-hybridized carbons (Fsp3) is 0.360. The molecule has 0 radical (unpaired) electrons. The van der Waals surface area contributed by atoms with Crippen LogP contribution >= 0.6 is 0 Å². The first-order valence-corrected chi connectivity index (χ1v) is 12.8. The van der Waals surface area contributed by atoms with Gasteiger partial charge in [0.05, 0.1) is 16.0 Å². The van der Waals surface area contributed by atoms with Crippen LogP contribution in [0.2, 0.25) is 0 Å². The van der Waals surface area contributed by atoms with Crippen molar-refractivity contribution in [2.24, 2.45) is 5.92 Å². The zero-order chi connectivity index (χ0) is 25.5. The van der Waals surface area contributed by atoms with Gasteiger partial charge in [0.15, 0.2) is 5.78 Å².